The first kappa shape index (κ1) is 19.7. The van der Waals surface area contributed by atoms with Crippen molar-refractivity contribution in [1.82, 2.24) is 4.90 Å². The zero-order chi connectivity index (χ0) is 20.9. The Balaban J connectivity index is 1.62. The smallest absolute Gasteiger partial charge is 0.268 e. The molecule has 1 aromatic heterocycles. The number of hydrogen-bond donors (Lipinski definition) is 0. The molecule has 7 heteroatoms. The van der Waals surface area contributed by atoms with Crippen LogP contribution in [0.4, 0.5) is 5.69 Å². The summed E-state index contributed by atoms with van der Waals surface area (Å²) in [5.41, 5.74) is 3.70. The van der Waals surface area contributed by atoms with Gasteiger partial charge >= 0.3 is 0 Å². The van der Waals surface area contributed by atoms with E-state index in [0.717, 1.165) is 28.1 Å². The van der Waals surface area contributed by atoms with Crippen LogP contribution < -0.4 is 4.90 Å². The van der Waals surface area contributed by atoms with Crippen LogP contribution in [0.5, 0.6) is 0 Å². The summed E-state index contributed by atoms with van der Waals surface area (Å²) in [6, 6.07) is 17.3. The fourth-order valence-corrected chi connectivity index (χ4v) is 6.54. The summed E-state index contributed by atoms with van der Waals surface area (Å²) in [5, 5.41) is 2.52. The molecule has 0 saturated carbocycles. The second-order valence-electron chi connectivity index (χ2n) is 7.43. The molecule has 0 radical (unpaired) electrons. The second-order valence-corrected chi connectivity index (χ2v) is 10.1. The number of halogens is 1. The van der Waals surface area contributed by atoms with E-state index in [9.17, 15) is 9.59 Å². The van der Waals surface area contributed by atoms with Crippen molar-refractivity contribution in [1.29, 1.82) is 0 Å². The molecule has 3 aromatic rings. The maximum Gasteiger partial charge on any atom is 0.268 e. The maximum absolute atomic E-state index is 14.0. The number of benzene rings is 2. The van der Waals surface area contributed by atoms with Crippen LogP contribution in [0.15, 0.2) is 60.0 Å². The molecule has 0 aliphatic carbocycles. The standard InChI is InChI=1S/C23H19ClN2O2S2/c1-15-8-9-19-17(13-15)23(22(28)25(19)14-16-5-2-3-6-18(16)24)26(10-12-30-23)21(27)20-7-4-11-29-20/h2-9,11,13H,10,12,14H2,1H3/t23-/m0/s1. The van der Waals surface area contributed by atoms with Crippen LogP contribution in [0.3, 0.4) is 0 Å². The van der Waals surface area contributed by atoms with Crippen molar-refractivity contribution in [2.75, 3.05) is 17.2 Å². The normalized spacial score (nSPS) is 20.3. The molecule has 30 heavy (non-hydrogen) atoms. The first-order chi connectivity index (χ1) is 14.5. The minimum atomic E-state index is -1.02. The molecule has 5 rings (SSSR count). The van der Waals surface area contributed by atoms with E-state index in [1.54, 1.807) is 21.6 Å². The van der Waals surface area contributed by atoms with Gasteiger partial charge in [0.25, 0.3) is 11.8 Å². The zero-order valence-electron chi connectivity index (χ0n) is 16.3. The maximum atomic E-state index is 14.0. The lowest BCUT2D eigenvalue weighted by molar-refractivity contribution is -0.123. The average Bonchev–Trinajstić information content (AvgIpc) is 3.47. The van der Waals surface area contributed by atoms with Crippen molar-refractivity contribution < 1.29 is 9.59 Å². The van der Waals surface area contributed by atoms with E-state index >= 15 is 0 Å². The van der Waals surface area contributed by atoms with Crippen LogP contribution in [0.2, 0.25) is 5.02 Å². The third-order valence-corrected chi connectivity index (χ3v) is 8.26. The predicted molar refractivity (Wildman–Crippen MR) is 123 cm³/mol. The van der Waals surface area contributed by atoms with Gasteiger partial charge in [-0.2, -0.15) is 0 Å². The molecular weight excluding hydrogens is 436 g/mol. The molecule has 2 aliphatic heterocycles. The van der Waals surface area contributed by atoms with E-state index in [2.05, 4.69) is 0 Å². The molecule has 0 unspecified atom stereocenters. The number of thioether (sulfide) groups is 1. The van der Waals surface area contributed by atoms with Gasteiger partial charge in [-0.15, -0.1) is 23.1 Å². The quantitative estimate of drug-likeness (QED) is 0.539. The van der Waals surface area contributed by atoms with Gasteiger partial charge in [0.1, 0.15) is 0 Å². The molecule has 4 nitrogen and oxygen atoms in total. The lowest BCUT2D eigenvalue weighted by Crippen LogP contribution is -2.50. The average molecular weight is 455 g/mol. The second kappa shape index (κ2) is 7.45. The number of rotatable bonds is 3. The SMILES string of the molecule is Cc1ccc2c(c1)[C@]1(SCCN1C(=O)c1cccs1)C(=O)N2Cc1ccccc1Cl. The molecule has 1 saturated heterocycles. The molecule has 2 amide bonds. The molecule has 0 N–H and O–H groups in total. The summed E-state index contributed by atoms with van der Waals surface area (Å²) < 4.78 is 0. The fraction of sp³-hybridized carbons (Fsp3) is 0.217. The lowest BCUT2D eigenvalue weighted by atomic mass is 10.0. The van der Waals surface area contributed by atoms with Crippen molar-refractivity contribution in [3.8, 4) is 0 Å². The number of nitrogens with zero attached hydrogens (tertiary/aromatic N) is 2. The first-order valence-electron chi connectivity index (χ1n) is 9.68. The van der Waals surface area contributed by atoms with Crippen molar-refractivity contribution in [3.05, 3.63) is 86.6 Å². The van der Waals surface area contributed by atoms with Crippen LogP contribution in [0.25, 0.3) is 0 Å². The Hall–Kier alpha value is -2.28. The minimum absolute atomic E-state index is 0.0737. The Morgan fingerprint density at radius 1 is 1.17 bits per heavy atom. The van der Waals surface area contributed by atoms with Crippen LogP contribution in [0.1, 0.15) is 26.4 Å². The largest absolute Gasteiger partial charge is 0.310 e. The van der Waals surface area contributed by atoms with Gasteiger partial charge < -0.3 is 9.80 Å². The summed E-state index contributed by atoms with van der Waals surface area (Å²) in [4.78, 5) is 30.5. The van der Waals surface area contributed by atoms with Gasteiger partial charge in [0.2, 0.25) is 0 Å². The Morgan fingerprint density at radius 2 is 2.00 bits per heavy atom. The molecule has 1 fully saturated rings. The number of anilines is 1. The Bertz CT molecular complexity index is 1150. The highest BCUT2D eigenvalue weighted by Gasteiger charge is 2.59. The van der Waals surface area contributed by atoms with Crippen molar-refractivity contribution in [3.63, 3.8) is 0 Å². The molecule has 0 bridgehead atoms. The fourth-order valence-electron chi connectivity index (χ4n) is 4.22. The number of aryl methyl sites for hydroxylation is 1. The van der Waals surface area contributed by atoms with Gasteiger partial charge in [0.15, 0.2) is 4.87 Å². The molecule has 1 atom stereocenters. The summed E-state index contributed by atoms with van der Waals surface area (Å²) >= 11 is 9.35. The third kappa shape index (κ3) is 2.89. The predicted octanol–water partition coefficient (Wildman–Crippen LogP) is 5.30. The summed E-state index contributed by atoms with van der Waals surface area (Å²) in [7, 11) is 0. The molecule has 2 aliphatic rings. The Labute approximate surface area is 188 Å². The highest BCUT2D eigenvalue weighted by Crippen LogP contribution is 2.55. The molecule has 3 heterocycles. The van der Waals surface area contributed by atoms with Gasteiger partial charge in [-0.25, -0.2) is 0 Å². The van der Waals surface area contributed by atoms with E-state index in [-0.39, 0.29) is 11.8 Å². The number of hydrogen-bond acceptors (Lipinski definition) is 4. The number of fused-ring (bicyclic) bond motifs is 2. The van der Waals surface area contributed by atoms with Crippen LogP contribution >= 0.6 is 34.7 Å². The molecule has 1 spiro atoms. The van der Waals surface area contributed by atoms with E-state index in [0.29, 0.717) is 23.0 Å². The van der Waals surface area contributed by atoms with Crippen LogP contribution in [-0.2, 0) is 16.2 Å². The monoisotopic (exact) mass is 454 g/mol. The van der Waals surface area contributed by atoms with Gasteiger partial charge in [-0.3, -0.25) is 9.59 Å². The number of amides is 2. The highest BCUT2D eigenvalue weighted by molar-refractivity contribution is 8.01. The van der Waals surface area contributed by atoms with Crippen LogP contribution in [-0.4, -0.2) is 29.0 Å². The van der Waals surface area contributed by atoms with Crippen molar-refractivity contribution >= 4 is 52.2 Å². The third-order valence-electron chi connectivity index (χ3n) is 5.61. The summed E-state index contributed by atoms with van der Waals surface area (Å²) in [6.07, 6.45) is 0. The van der Waals surface area contributed by atoms with E-state index in [1.165, 1.54) is 11.3 Å². The molecular formula is C23H19ClN2O2S2. The lowest BCUT2D eigenvalue weighted by Gasteiger charge is -2.33. The molecule has 152 valence electrons. The molecule has 2 aromatic carbocycles. The minimum Gasteiger partial charge on any atom is -0.310 e. The van der Waals surface area contributed by atoms with Crippen molar-refractivity contribution in [2.24, 2.45) is 0 Å². The van der Waals surface area contributed by atoms with Gasteiger partial charge in [0.05, 0.1) is 17.1 Å². The number of carbonyl (C=O) groups is 2. The Kier molecular flexibility index (Phi) is 4.88. The van der Waals surface area contributed by atoms with E-state index in [1.807, 2.05) is 66.9 Å². The van der Waals surface area contributed by atoms with Crippen molar-refractivity contribution in [2.45, 2.75) is 18.3 Å². The number of carbonyl (C=O) groups excluding carboxylic acids is 2. The van der Waals surface area contributed by atoms with E-state index < -0.39 is 4.87 Å². The Morgan fingerprint density at radius 3 is 2.77 bits per heavy atom. The number of thiophene rings is 1. The van der Waals surface area contributed by atoms with Crippen LogP contribution in [0, 0.1) is 6.92 Å². The first-order valence-corrected chi connectivity index (χ1v) is 11.9. The van der Waals surface area contributed by atoms with Gasteiger partial charge in [0, 0.05) is 22.9 Å². The highest BCUT2D eigenvalue weighted by atomic mass is 35.5. The van der Waals surface area contributed by atoms with E-state index in [4.69, 9.17) is 11.6 Å². The summed E-state index contributed by atoms with van der Waals surface area (Å²) in [6.45, 7) is 2.93. The topological polar surface area (TPSA) is 40.6 Å². The summed E-state index contributed by atoms with van der Waals surface area (Å²) in [5.74, 6) is 0.557. The van der Waals surface area contributed by atoms with Gasteiger partial charge in [-0.05, 0) is 36.1 Å². The zero-order valence-corrected chi connectivity index (χ0v) is 18.7. The van der Waals surface area contributed by atoms with Gasteiger partial charge in [-0.1, -0.05) is 53.6 Å².